The predicted molar refractivity (Wildman–Crippen MR) is 113 cm³/mol. The summed E-state index contributed by atoms with van der Waals surface area (Å²) in [6, 6.07) is 17.7. The number of nitrogens with zero attached hydrogens (tertiary/aromatic N) is 3. The molecule has 0 saturated carbocycles. The maximum absolute atomic E-state index is 13.0. The van der Waals surface area contributed by atoms with Gasteiger partial charge in [0, 0.05) is 38.3 Å². The molecule has 31 heavy (non-hydrogen) atoms. The molecule has 9 nitrogen and oxygen atoms in total. The maximum Gasteiger partial charge on any atom is 0.415 e. The molecule has 1 saturated heterocycles. The second kappa shape index (κ2) is 8.32. The Balaban J connectivity index is 1.40. The molecule has 3 aromatic carbocycles. The van der Waals surface area contributed by atoms with Crippen LogP contribution in [-0.4, -0.2) is 54.8 Å². The minimum absolute atomic E-state index is 0.104. The maximum atomic E-state index is 13.0. The topological polar surface area (TPSA) is 110 Å². The summed E-state index contributed by atoms with van der Waals surface area (Å²) in [7, 11) is -3.68. The normalized spacial score (nSPS) is 15.0. The zero-order chi connectivity index (χ0) is 22.0. The zero-order valence-electron chi connectivity index (χ0n) is 16.4. The van der Waals surface area contributed by atoms with E-state index in [1.54, 1.807) is 18.2 Å². The van der Waals surface area contributed by atoms with Crippen molar-refractivity contribution in [2.24, 2.45) is 0 Å². The van der Waals surface area contributed by atoms with Crippen LogP contribution in [0.1, 0.15) is 0 Å². The molecule has 10 heteroatoms. The van der Waals surface area contributed by atoms with Crippen LogP contribution in [0.2, 0.25) is 0 Å². The summed E-state index contributed by atoms with van der Waals surface area (Å²) in [5, 5.41) is 12.5. The second-order valence-corrected chi connectivity index (χ2v) is 8.96. The molecule has 0 aliphatic carbocycles. The number of nitro benzene ring substituents is 1. The van der Waals surface area contributed by atoms with Gasteiger partial charge in [0.05, 0.1) is 9.82 Å². The molecule has 1 fully saturated rings. The van der Waals surface area contributed by atoms with Crippen LogP contribution in [0.15, 0.2) is 71.6 Å². The van der Waals surface area contributed by atoms with Gasteiger partial charge in [0.2, 0.25) is 10.0 Å². The number of carbonyl (C=O) groups is 1. The molecule has 0 spiro atoms. The van der Waals surface area contributed by atoms with E-state index in [1.165, 1.54) is 33.5 Å². The molecule has 0 N–H and O–H groups in total. The van der Waals surface area contributed by atoms with Crippen molar-refractivity contribution in [2.75, 3.05) is 26.2 Å². The summed E-state index contributed by atoms with van der Waals surface area (Å²) in [6.45, 7) is 0.645. The van der Waals surface area contributed by atoms with E-state index in [0.717, 1.165) is 10.8 Å². The third-order valence-electron chi connectivity index (χ3n) is 5.11. The van der Waals surface area contributed by atoms with Crippen molar-refractivity contribution in [2.45, 2.75) is 4.90 Å². The Hall–Kier alpha value is -3.50. The average molecular weight is 441 g/mol. The smallest absolute Gasteiger partial charge is 0.410 e. The minimum atomic E-state index is -3.68. The van der Waals surface area contributed by atoms with Crippen molar-refractivity contribution < 1.29 is 22.9 Å². The number of benzene rings is 3. The fourth-order valence-corrected chi connectivity index (χ4v) is 4.85. The number of hydrogen-bond acceptors (Lipinski definition) is 6. The van der Waals surface area contributed by atoms with Crippen molar-refractivity contribution >= 4 is 32.6 Å². The summed E-state index contributed by atoms with van der Waals surface area (Å²) in [4.78, 5) is 24.1. The third-order valence-corrected chi connectivity index (χ3v) is 7.00. The molecule has 1 aliphatic rings. The van der Waals surface area contributed by atoms with Crippen LogP contribution in [0.25, 0.3) is 10.8 Å². The van der Waals surface area contributed by atoms with Gasteiger partial charge < -0.3 is 9.64 Å². The summed E-state index contributed by atoms with van der Waals surface area (Å²) >= 11 is 0. The Labute approximate surface area is 178 Å². The van der Waals surface area contributed by atoms with Gasteiger partial charge in [0.25, 0.3) is 5.69 Å². The Morgan fingerprint density at radius 3 is 2.19 bits per heavy atom. The first-order valence-corrected chi connectivity index (χ1v) is 11.0. The van der Waals surface area contributed by atoms with Crippen molar-refractivity contribution in [3.05, 3.63) is 76.8 Å². The van der Waals surface area contributed by atoms with Crippen LogP contribution in [0.4, 0.5) is 10.5 Å². The number of carbonyl (C=O) groups excluding carboxylic acids is 1. The van der Waals surface area contributed by atoms with E-state index in [9.17, 15) is 23.3 Å². The molecule has 1 amide bonds. The van der Waals surface area contributed by atoms with Gasteiger partial charge in [-0.2, -0.15) is 4.31 Å². The highest BCUT2D eigenvalue weighted by molar-refractivity contribution is 7.89. The van der Waals surface area contributed by atoms with Crippen molar-refractivity contribution in [3.63, 3.8) is 0 Å². The molecule has 3 aromatic rings. The van der Waals surface area contributed by atoms with Crippen LogP contribution in [0.5, 0.6) is 5.75 Å². The number of piperazine rings is 1. The number of nitro groups is 1. The van der Waals surface area contributed by atoms with E-state index in [0.29, 0.717) is 0 Å². The van der Waals surface area contributed by atoms with Gasteiger partial charge >= 0.3 is 6.09 Å². The molecule has 0 bridgehead atoms. The molecule has 4 rings (SSSR count). The number of hydrogen-bond donors (Lipinski definition) is 0. The Kier molecular flexibility index (Phi) is 5.57. The number of ether oxygens (including phenoxy) is 1. The molecule has 0 aromatic heterocycles. The number of amides is 1. The highest BCUT2D eigenvalue weighted by atomic mass is 32.2. The van der Waals surface area contributed by atoms with Gasteiger partial charge in [0.1, 0.15) is 5.75 Å². The molecule has 1 aliphatic heterocycles. The SMILES string of the molecule is O=C(Oc1ccc([N+](=O)[O-])cc1)N1CCN(S(=O)(=O)c2ccc3ccccc3c2)CC1. The van der Waals surface area contributed by atoms with Gasteiger partial charge in [-0.05, 0) is 35.0 Å². The fourth-order valence-electron chi connectivity index (χ4n) is 3.39. The molecule has 0 atom stereocenters. The highest BCUT2D eigenvalue weighted by Crippen LogP contribution is 2.23. The van der Waals surface area contributed by atoms with Crippen LogP contribution < -0.4 is 4.74 Å². The Morgan fingerprint density at radius 2 is 1.55 bits per heavy atom. The van der Waals surface area contributed by atoms with E-state index < -0.39 is 21.0 Å². The van der Waals surface area contributed by atoms with Gasteiger partial charge in [-0.1, -0.05) is 30.3 Å². The largest absolute Gasteiger partial charge is 0.415 e. The lowest BCUT2D eigenvalue weighted by Crippen LogP contribution is -2.51. The molecule has 0 unspecified atom stereocenters. The predicted octanol–water partition coefficient (Wildman–Crippen LogP) is 3.25. The monoisotopic (exact) mass is 441 g/mol. The quantitative estimate of drug-likeness (QED) is 0.454. The van der Waals surface area contributed by atoms with Gasteiger partial charge in [-0.3, -0.25) is 10.1 Å². The second-order valence-electron chi connectivity index (χ2n) is 7.02. The lowest BCUT2D eigenvalue weighted by atomic mass is 10.1. The molecule has 1 heterocycles. The highest BCUT2D eigenvalue weighted by Gasteiger charge is 2.31. The number of non-ortho nitro benzene ring substituents is 1. The van der Waals surface area contributed by atoms with Gasteiger partial charge in [-0.15, -0.1) is 0 Å². The van der Waals surface area contributed by atoms with Crippen LogP contribution in [0.3, 0.4) is 0 Å². The van der Waals surface area contributed by atoms with E-state index in [4.69, 9.17) is 4.74 Å². The summed E-state index contributed by atoms with van der Waals surface area (Å²) < 4.78 is 32.6. The van der Waals surface area contributed by atoms with Crippen LogP contribution in [0, 0.1) is 10.1 Å². The summed E-state index contributed by atoms with van der Waals surface area (Å²) in [5.74, 6) is 0.182. The zero-order valence-corrected chi connectivity index (χ0v) is 17.2. The van der Waals surface area contributed by atoms with Crippen LogP contribution in [-0.2, 0) is 10.0 Å². The van der Waals surface area contributed by atoms with Gasteiger partial charge in [-0.25, -0.2) is 13.2 Å². The third kappa shape index (κ3) is 4.35. The van der Waals surface area contributed by atoms with E-state index in [-0.39, 0.29) is 42.5 Å². The summed E-state index contributed by atoms with van der Waals surface area (Å²) in [6.07, 6.45) is -0.628. The molecular weight excluding hydrogens is 422 g/mol. The van der Waals surface area contributed by atoms with Crippen LogP contribution >= 0.6 is 0 Å². The lowest BCUT2D eigenvalue weighted by Gasteiger charge is -2.33. The molecular formula is C21H19N3O6S. The number of sulfonamides is 1. The number of fused-ring (bicyclic) bond motifs is 1. The molecule has 0 radical (unpaired) electrons. The van der Waals surface area contributed by atoms with Crippen molar-refractivity contribution in [1.82, 2.24) is 9.21 Å². The average Bonchev–Trinajstić information content (AvgIpc) is 2.79. The minimum Gasteiger partial charge on any atom is -0.410 e. The first-order valence-electron chi connectivity index (χ1n) is 9.55. The van der Waals surface area contributed by atoms with E-state index >= 15 is 0 Å². The van der Waals surface area contributed by atoms with E-state index in [2.05, 4.69) is 0 Å². The first kappa shape index (κ1) is 20.8. The van der Waals surface area contributed by atoms with Crippen molar-refractivity contribution in [1.29, 1.82) is 0 Å². The van der Waals surface area contributed by atoms with Gasteiger partial charge in [0.15, 0.2) is 0 Å². The summed E-state index contributed by atoms with van der Waals surface area (Å²) in [5.41, 5.74) is -0.104. The standard InChI is InChI=1S/C21H19N3O6S/c25-21(30-19-8-6-18(7-9-19)24(26)27)22-11-13-23(14-12-22)31(28,29)20-10-5-16-3-1-2-4-17(16)15-20/h1-10,15H,11-14H2. The fraction of sp³-hybridized carbons (Fsp3) is 0.190. The first-order chi connectivity index (χ1) is 14.8. The van der Waals surface area contributed by atoms with E-state index in [1.807, 2.05) is 24.3 Å². The molecule has 160 valence electrons. The van der Waals surface area contributed by atoms with Crippen molar-refractivity contribution in [3.8, 4) is 5.75 Å². The Bertz CT molecular complexity index is 1240. The number of rotatable bonds is 4. The lowest BCUT2D eigenvalue weighted by molar-refractivity contribution is -0.384. The Morgan fingerprint density at radius 1 is 0.903 bits per heavy atom.